The molecule has 0 saturated heterocycles. The van der Waals surface area contributed by atoms with Crippen LogP contribution in [0.15, 0.2) is 18.2 Å². The largest absolute Gasteiger partial charge is 0.391 e. The molecule has 2 heteroatoms. The molecule has 0 aromatic heterocycles. The quantitative estimate of drug-likeness (QED) is 0.865. The van der Waals surface area contributed by atoms with E-state index in [1.165, 1.54) is 29.5 Å². The Hall–Kier alpha value is -0.860. The second-order valence-electron chi connectivity index (χ2n) is 5.74. The number of hydrogen-bond acceptors (Lipinski definition) is 2. The molecule has 2 nitrogen and oxygen atoms in total. The Morgan fingerprint density at radius 1 is 1.28 bits per heavy atom. The van der Waals surface area contributed by atoms with Gasteiger partial charge in [-0.1, -0.05) is 25.1 Å². The summed E-state index contributed by atoms with van der Waals surface area (Å²) in [4.78, 5) is 2.50. The van der Waals surface area contributed by atoms with E-state index in [2.05, 4.69) is 30.0 Å². The van der Waals surface area contributed by atoms with Gasteiger partial charge in [0.1, 0.15) is 0 Å². The number of benzene rings is 1. The second kappa shape index (κ2) is 5.02. The molecule has 3 rings (SSSR count). The van der Waals surface area contributed by atoms with Gasteiger partial charge in [0, 0.05) is 19.1 Å². The van der Waals surface area contributed by atoms with Crippen molar-refractivity contribution in [2.45, 2.75) is 57.7 Å². The molecule has 1 saturated carbocycles. The third kappa shape index (κ3) is 2.19. The standard InChI is InChI=1S/C16H23NO/c1-2-12-6-7-13-8-9-17(11-14(13)10-12)15-4-3-5-16(15)18/h6-7,10,15-16,18H,2-5,8-9,11H2,1H3. The minimum absolute atomic E-state index is 0.0964. The molecule has 1 heterocycles. The van der Waals surface area contributed by atoms with E-state index in [1.54, 1.807) is 0 Å². The Kier molecular flexibility index (Phi) is 3.40. The van der Waals surface area contributed by atoms with Crippen LogP contribution in [0.5, 0.6) is 0 Å². The van der Waals surface area contributed by atoms with Gasteiger partial charge in [0.25, 0.3) is 0 Å². The first kappa shape index (κ1) is 12.2. The minimum atomic E-state index is -0.0964. The summed E-state index contributed by atoms with van der Waals surface area (Å²) in [6.07, 6.45) is 5.50. The van der Waals surface area contributed by atoms with Gasteiger partial charge in [-0.25, -0.2) is 0 Å². The molecule has 98 valence electrons. The summed E-state index contributed by atoms with van der Waals surface area (Å²) in [5, 5.41) is 10.0. The minimum Gasteiger partial charge on any atom is -0.391 e. The van der Waals surface area contributed by atoms with Crippen LogP contribution in [0.2, 0.25) is 0 Å². The van der Waals surface area contributed by atoms with E-state index < -0.39 is 0 Å². The monoisotopic (exact) mass is 245 g/mol. The number of aryl methyl sites for hydroxylation is 1. The summed E-state index contributed by atoms with van der Waals surface area (Å²) in [6, 6.07) is 7.33. The highest BCUT2D eigenvalue weighted by Crippen LogP contribution is 2.29. The van der Waals surface area contributed by atoms with Crippen molar-refractivity contribution in [1.82, 2.24) is 4.90 Å². The smallest absolute Gasteiger partial charge is 0.0695 e. The Bertz CT molecular complexity index is 429. The zero-order valence-electron chi connectivity index (χ0n) is 11.2. The lowest BCUT2D eigenvalue weighted by molar-refractivity contribution is 0.0626. The third-order valence-corrected chi connectivity index (χ3v) is 4.63. The number of hydrogen-bond donors (Lipinski definition) is 1. The SMILES string of the molecule is CCc1ccc2c(c1)CN(C1CCCC1O)CC2. The summed E-state index contributed by atoms with van der Waals surface area (Å²) in [5.41, 5.74) is 4.43. The summed E-state index contributed by atoms with van der Waals surface area (Å²) < 4.78 is 0. The first-order valence-electron chi connectivity index (χ1n) is 7.30. The van der Waals surface area contributed by atoms with Gasteiger partial charge >= 0.3 is 0 Å². The maximum Gasteiger partial charge on any atom is 0.0695 e. The molecule has 2 aliphatic rings. The third-order valence-electron chi connectivity index (χ3n) is 4.63. The molecule has 2 unspecified atom stereocenters. The van der Waals surface area contributed by atoms with E-state index in [4.69, 9.17) is 0 Å². The molecular weight excluding hydrogens is 222 g/mol. The number of fused-ring (bicyclic) bond motifs is 1. The number of aliphatic hydroxyl groups excluding tert-OH is 1. The molecule has 18 heavy (non-hydrogen) atoms. The number of nitrogens with zero attached hydrogens (tertiary/aromatic N) is 1. The van der Waals surface area contributed by atoms with Crippen LogP contribution in [0.4, 0.5) is 0 Å². The lowest BCUT2D eigenvalue weighted by atomic mass is 9.95. The molecule has 0 radical (unpaired) electrons. The fourth-order valence-corrected chi connectivity index (χ4v) is 3.48. The van der Waals surface area contributed by atoms with Crippen molar-refractivity contribution in [2.24, 2.45) is 0 Å². The topological polar surface area (TPSA) is 23.5 Å². The van der Waals surface area contributed by atoms with Gasteiger partial charge in [-0.15, -0.1) is 0 Å². The zero-order valence-corrected chi connectivity index (χ0v) is 11.2. The van der Waals surface area contributed by atoms with Crippen LogP contribution in [-0.4, -0.2) is 28.7 Å². The number of aliphatic hydroxyl groups is 1. The van der Waals surface area contributed by atoms with Crippen LogP contribution in [0.3, 0.4) is 0 Å². The first-order valence-corrected chi connectivity index (χ1v) is 7.30. The van der Waals surface area contributed by atoms with Gasteiger partial charge in [-0.05, 0) is 48.8 Å². The summed E-state index contributed by atoms with van der Waals surface area (Å²) in [5.74, 6) is 0. The fraction of sp³-hybridized carbons (Fsp3) is 0.625. The van der Waals surface area contributed by atoms with Crippen molar-refractivity contribution in [3.63, 3.8) is 0 Å². The highest BCUT2D eigenvalue weighted by molar-refractivity contribution is 5.34. The van der Waals surface area contributed by atoms with Gasteiger partial charge in [0.05, 0.1) is 6.10 Å². The van der Waals surface area contributed by atoms with Gasteiger partial charge < -0.3 is 5.11 Å². The molecule has 0 spiro atoms. The molecule has 2 atom stereocenters. The molecule has 1 N–H and O–H groups in total. The normalized spacial score (nSPS) is 28.3. The van der Waals surface area contributed by atoms with E-state index in [0.29, 0.717) is 6.04 Å². The second-order valence-corrected chi connectivity index (χ2v) is 5.74. The lowest BCUT2D eigenvalue weighted by Gasteiger charge is -2.35. The molecule has 1 fully saturated rings. The van der Waals surface area contributed by atoms with Crippen molar-refractivity contribution in [3.8, 4) is 0 Å². The summed E-state index contributed by atoms with van der Waals surface area (Å²) in [7, 11) is 0. The zero-order chi connectivity index (χ0) is 12.5. The molecule has 0 bridgehead atoms. The Morgan fingerprint density at radius 3 is 2.89 bits per heavy atom. The van der Waals surface area contributed by atoms with Crippen LogP contribution in [0.1, 0.15) is 42.9 Å². The summed E-state index contributed by atoms with van der Waals surface area (Å²) in [6.45, 7) is 4.36. The van der Waals surface area contributed by atoms with E-state index in [-0.39, 0.29) is 6.10 Å². The maximum atomic E-state index is 10.0. The van der Waals surface area contributed by atoms with Gasteiger partial charge in [-0.3, -0.25) is 4.90 Å². The van der Waals surface area contributed by atoms with Crippen LogP contribution in [-0.2, 0) is 19.4 Å². The fourth-order valence-electron chi connectivity index (χ4n) is 3.48. The van der Waals surface area contributed by atoms with Crippen molar-refractivity contribution >= 4 is 0 Å². The van der Waals surface area contributed by atoms with Crippen molar-refractivity contribution in [1.29, 1.82) is 0 Å². The molecule has 1 aliphatic heterocycles. The van der Waals surface area contributed by atoms with Gasteiger partial charge in [0.2, 0.25) is 0 Å². The van der Waals surface area contributed by atoms with E-state index in [1.807, 2.05) is 0 Å². The van der Waals surface area contributed by atoms with E-state index in [9.17, 15) is 5.11 Å². The van der Waals surface area contributed by atoms with Crippen molar-refractivity contribution in [2.75, 3.05) is 6.54 Å². The van der Waals surface area contributed by atoms with Crippen LogP contribution < -0.4 is 0 Å². The van der Waals surface area contributed by atoms with Crippen LogP contribution in [0, 0.1) is 0 Å². The van der Waals surface area contributed by atoms with Crippen LogP contribution in [0.25, 0.3) is 0 Å². The predicted molar refractivity (Wildman–Crippen MR) is 73.6 cm³/mol. The van der Waals surface area contributed by atoms with Crippen LogP contribution >= 0.6 is 0 Å². The van der Waals surface area contributed by atoms with E-state index in [0.717, 1.165) is 32.4 Å². The van der Waals surface area contributed by atoms with Crippen molar-refractivity contribution in [3.05, 3.63) is 34.9 Å². The highest BCUT2D eigenvalue weighted by Gasteiger charge is 2.32. The predicted octanol–water partition coefficient (Wildman–Crippen LogP) is 2.52. The van der Waals surface area contributed by atoms with Gasteiger partial charge in [-0.2, -0.15) is 0 Å². The lowest BCUT2D eigenvalue weighted by Crippen LogP contribution is -2.43. The average Bonchev–Trinajstić information content (AvgIpc) is 2.83. The molecule has 0 amide bonds. The number of rotatable bonds is 2. The Balaban J connectivity index is 1.79. The first-order chi connectivity index (χ1) is 8.78. The maximum absolute atomic E-state index is 10.0. The Labute approximate surface area is 110 Å². The average molecular weight is 245 g/mol. The van der Waals surface area contributed by atoms with Crippen molar-refractivity contribution < 1.29 is 5.11 Å². The molecule has 1 aromatic carbocycles. The Morgan fingerprint density at radius 2 is 2.17 bits per heavy atom. The molecule has 1 aliphatic carbocycles. The van der Waals surface area contributed by atoms with E-state index >= 15 is 0 Å². The summed E-state index contributed by atoms with van der Waals surface area (Å²) >= 11 is 0. The molecular formula is C16H23NO. The van der Waals surface area contributed by atoms with Gasteiger partial charge in [0.15, 0.2) is 0 Å². The highest BCUT2D eigenvalue weighted by atomic mass is 16.3. The molecule has 1 aromatic rings.